The molecule has 32 heavy (non-hydrogen) atoms. The molecule has 2 saturated carbocycles. The zero-order valence-corrected chi connectivity index (χ0v) is 17.8. The van der Waals surface area contributed by atoms with Gasteiger partial charge in [0.15, 0.2) is 0 Å². The first-order chi connectivity index (χ1) is 15.6. The summed E-state index contributed by atoms with van der Waals surface area (Å²) >= 11 is 6.45. The smallest absolute Gasteiger partial charge is 0.238 e. The van der Waals surface area contributed by atoms with Crippen LogP contribution in [-0.2, 0) is 14.4 Å². The Morgan fingerprint density at radius 1 is 0.844 bits per heavy atom. The van der Waals surface area contributed by atoms with Gasteiger partial charge in [0.05, 0.1) is 23.2 Å². The maximum Gasteiger partial charge on any atom is 0.238 e. The molecule has 6 heteroatoms. The van der Waals surface area contributed by atoms with Gasteiger partial charge in [-0.3, -0.25) is 14.5 Å². The Hall–Kier alpha value is -3.18. The molecule has 0 unspecified atom stereocenters. The van der Waals surface area contributed by atoms with Crippen molar-refractivity contribution in [3.63, 3.8) is 0 Å². The van der Waals surface area contributed by atoms with E-state index in [0.717, 1.165) is 28.5 Å². The summed E-state index contributed by atoms with van der Waals surface area (Å²) in [7, 11) is 0. The SMILES string of the molecule is O=C1[C@@H]2[C@H]3C[C@H]([C@@H]4ON=C(c5ccccc5Cl)[C@H]34)[C@@H]2C(=O)N1c1ccc2ccccc2c1. The molecule has 3 fully saturated rings. The van der Waals surface area contributed by atoms with Gasteiger partial charge < -0.3 is 4.84 Å². The van der Waals surface area contributed by atoms with E-state index in [1.807, 2.05) is 66.7 Å². The maximum absolute atomic E-state index is 13.6. The number of carbonyl (C=O) groups excluding carboxylic acids is 2. The zero-order valence-electron chi connectivity index (χ0n) is 17.0. The van der Waals surface area contributed by atoms with Crippen LogP contribution in [0, 0.1) is 29.6 Å². The van der Waals surface area contributed by atoms with Crippen LogP contribution in [0.3, 0.4) is 0 Å². The van der Waals surface area contributed by atoms with E-state index >= 15 is 0 Å². The molecule has 3 aromatic rings. The first kappa shape index (κ1) is 18.4. The van der Waals surface area contributed by atoms with Gasteiger partial charge in [-0.25, -0.2) is 0 Å². The maximum atomic E-state index is 13.6. The number of amides is 2. The summed E-state index contributed by atoms with van der Waals surface area (Å²) in [5.74, 6) is -0.817. The summed E-state index contributed by atoms with van der Waals surface area (Å²) < 4.78 is 0. The molecule has 2 heterocycles. The second kappa shape index (κ2) is 6.42. The number of anilines is 1. The molecule has 5 nitrogen and oxygen atoms in total. The van der Waals surface area contributed by atoms with Crippen molar-refractivity contribution in [3.8, 4) is 0 Å². The second-order valence-electron chi connectivity index (χ2n) is 9.21. The van der Waals surface area contributed by atoms with Crippen LogP contribution in [0.15, 0.2) is 71.9 Å². The van der Waals surface area contributed by atoms with Gasteiger partial charge in [0, 0.05) is 22.4 Å². The number of rotatable bonds is 2. The molecule has 2 aliphatic heterocycles. The van der Waals surface area contributed by atoms with Crippen molar-refractivity contribution in [1.82, 2.24) is 0 Å². The third-order valence-electron chi connectivity index (χ3n) is 7.83. The van der Waals surface area contributed by atoms with Gasteiger partial charge in [-0.05, 0) is 41.3 Å². The van der Waals surface area contributed by atoms with Crippen molar-refractivity contribution in [2.75, 3.05) is 4.90 Å². The van der Waals surface area contributed by atoms with Crippen molar-refractivity contribution in [2.24, 2.45) is 34.7 Å². The molecule has 1 saturated heterocycles. The lowest BCUT2D eigenvalue weighted by Gasteiger charge is -2.30. The topological polar surface area (TPSA) is 59.0 Å². The molecule has 2 aliphatic carbocycles. The number of fused-ring (bicyclic) bond motifs is 9. The zero-order chi connectivity index (χ0) is 21.6. The van der Waals surface area contributed by atoms with Gasteiger partial charge in [0.1, 0.15) is 6.10 Å². The van der Waals surface area contributed by atoms with Crippen molar-refractivity contribution in [1.29, 1.82) is 0 Å². The van der Waals surface area contributed by atoms with Crippen molar-refractivity contribution >= 4 is 45.6 Å². The molecule has 7 rings (SSSR count). The molecule has 4 aliphatic rings. The largest absolute Gasteiger partial charge is 0.391 e. The highest BCUT2D eigenvalue weighted by Crippen LogP contribution is 2.62. The van der Waals surface area contributed by atoms with Gasteiger partial charge >= 0.3 is 0 Å². The molecule has 2 bridgehead atoms. The monoisotopic (exact) mass is 442 g/mol. The Morgan fingerprint density at radius 3 is 2.38 bits per heavy atom. The number of halogens is 1. The second-order valence-corrected chi connectivity index (χ2v) is 9.62. The minimum Gasteiger partial charge on any atom is -0.391 e. The van der Waals surface area contributed by atoms with E-state index in [-0.39, 0.29) is 47.5 Å². The fourth-order valence-electron chi connectivity index (χ4n) is 6.59. The average Bonchev–Trinajstić information content (AvgIpc) is 3.54. The summed E-state index contributed by atoms with van der Waals surface area (Å²) in [6, 6.07) is 21.3. The average molecular weight is 443 g/mol. The van der Waals surface area contributed by atoms with Crippen LogP contribution in [0.25, 0.3) is 10.8 Å². The molecule has 158 valence electrons. The summed E-state index contributed by atoms with van der Waals surface area (Å²) in [4.78, 5) is 34.4. The Kier molecular flexibility index (Phi) is 3.69. The number of nitrogens with zero attached hydrogens (tertiary/aromatic N) is 2. The predicted octanol–water partition coefficient (Wildman–Crippen LogP) is 4.67. The fourth-order valence-corrected chi connectivity index (χ4v) is 6.82. The Bertz CT molecular complexity index is 1350. The van der Waals surface area contributed by atoms with E-state index in [9.17, 15) is 9.59 Å². The quantitative estimate of drug-likeness (QED) is 0.542. The summed E-state index contributed by atoms with van der Waals surface area (Å²) in [6.07, 6.45) is 0.651. The van der Waals surface area contributed by atoms with Gasteiger partial charge in [-0.15, -0.1) is 0 Å². The van der Waals surface area contributed by atoms with Crippen LogP contribution in [-0.4, -0.2) is 23.6 Å². The lowest BCUT2D eigenvalue weighted by molar-refractivity contribution is -0.125. The van der Waals surface area contributed by atoms with Gasteiger partial charge in [-0.2, -0.15) is 0 Å². The van der Waals surface area contributed by atoms with E-state index < -0.39 is 0 Å². The Labute approximate surface area is 189 Å². The molecule has 3 aromatic carbocycles. The fraction of sp³-hybridized carbons (Fsp3) is 0.269. The molecule has 2 amide bonds. The van der Waals surface area contributed by atoms with Crippen molar-refractivity contribution in [2.45, 2.75) is 12.5 Å². The molecular formula is C26H19ClN2O3. The van der Waals surface area contributed by atoms with Crippen molar-refractivity contribution in [3.05, 3.63) is 77.3 Å². The number of oxime groups is 1. The number of hydrogen-bond acceptors (Lipinski definition) is 4. The highest BCUT2D eigenvalue weighted by Gasteiger charge is 2.70. The third-order valence-corrected chi connectivity index (χ3v) is 8.16. The van der Waals surface area contributed by atoms with Crippen LogP contribution in [0.4, 0.5) is 5.69 Å². The molecule has 6 atom stereocenters. The molecular weight excluding hydrogens is 424 g/mol. The van der Waals surface area contributed by atoms with Gasteiger partial charge in [-0.1, -0.05) is 65.3 Å². The molecule has 0 aromatic heterocycles. The minimum absolute atomic E-state index is 0.000596. The van der Waals surface area contributed by atoms with Crippen LogP contribution in [0.5, 0.6) is 0 Å². The summed E-state index contributed by atoms with van der Waals surface area (Å²) in [5.41, 5.74) is 2.32. The Morgan fingerprint density at radius 2 is 1.56 bits per heavy atom. The summed E-state index contributed by atoms with van der Waals surface area (Å²) in [6.45, 7) is 0. The van der Waals surface area contributed by atoms with Crippen LogP contribution < -0.4 is 4.90 Å². The van der Waals surface area contributed by atoms with E-state index in [2.05, 4.69) is 5.16 Å². The first-order valence-corrected chi connectivity index (χ1v) is 11.4. The van der Waals surface area contributed by atoms with E-state index in [0.29, 0.717) is 10.7 Å². The number of benzene rings is 3. The van der Waals surface area contributed by atoms with E-state index in [1.54, 1.807) is 0 Å². The molecule has 0 spiro atoms. The van der Waals surface area contributed by atoms with E-state index in [1.165, 1.54) is 4.90 Å². The predicted molar refractivity (Wildman–Crippen MR) is 121 cm³/mol. The normalized spacial score (nSPS) is 32.3. The standard InChI is InChI=1S/C26H19ClN2O3/c27-19-8-4-3-7-16(19)23-22-17-12-18(24(22)32-28-23)21-20(17)25(30)29(26(21)31)15-10-9-13-5-1-2-6-14(13)11-15/h1-11,17-18,20-22,24H,12H2/t17-,18+,20-,21+,22+,24+/m1/s1. The lowest BCUT2D eigenvalue weighted by atomic mass is 9.71. The third kappa shape index (κ3) is 2.27. The van der Waals surface area contributed by atoms with Gasteiger partial charge in [0.2, 0.25) is 11.8 Å². The highest BCUT2D eigenvalue weighted by atomic mass is 35.5. The lowest BCUT2D eigenvalue weighted by Crippen LogP contribution is -2.41. The summed E-state index contributed by atoms with van der Waals surface area (Å²) in [5, 5.41) is 7.10. The molecule has 0 radical (unpaired) electrons. The van der Waals surface area contributed by atoms with Crippen molar-refractivity contribution < 1.29 is 14.4 Å². The number of hydrogen-bond donors (Lipinski definition) is 0. The van der Waals surface area contributed by atoms with Crippen LogP contribution >= 0.6 is 11.6 Å². The number of imide groups is 1. The number of carbonyl (C=O) groups is 2. The van der Waals surface area contributed by atoms with Gasteiger partial charge in [0.25, 0.3) is 0 Å². The van der Waals surface area contributed by atoms with Crippen LogP contribution in [0.2, 0.25) is 5.02 Å². The Balaban J connectivity index is 1.26. The van der Waals surface area contributed by atoms with Crippen LogP contribution in [0.1, 0.15) is 12.0 Å². The van der Waals surface area contributed by atoms with E-state index in [4.69, 9.17) is 16.4 Å². The molecule has 0 N–H and O–H groups in total. The minimum atomic E-state index is -0.332. The first-order valence-electron chi connectivity index (χ1n) is 11.0. The highest BCUT2D eigenvalue weighted by molar-refractivity contribution is 6.34.